The number of aliphatic carboxylic acids is 1. The monoisotopic (exact) mass is 336 g/mol. The second-order valence-corrected chi connectivity index (χ2v) is 3.50. The average Bonchev–Trinajstić information content (AvgIpc) is 2.32. The van der Waals surface area contributed by atoms with E-state index in [1.165, 1.54) is 13.8 Å². The molecule has 0 unspecified atom stereocenters. The fourth-order valence-electron chi connectivity index (χ4n) is 0.865. The molecule has 4 nitrogen and oxygen atoms in total. The minimum absolute atomic E-state index is 0.0705. The molecule has 1 N–H and O–H groups in total. The van der Waals surface area contributed by atoms with Crippen LogP contribution in [0.4, 0.5) is 26.3 Å². The largest absolute Gasteiger partial charge is 0.478 e. The highest BCUT2D eigenvalue weighted by Crippen LogP contribution is 2.19. The Morgan fingerprint density at radius 1 is 1.05 bits per heavy atom. The second kappa shape index (κ2) is 9.85. The van der Waals surface area contributed by atoms with Gasteiger partial charge in [0, 0.05) is 23.8 Å². The highest BCUT2D eigenvalue weighted by Gasteiger charge is 2.25. The van der Waals surface area contributed by atoms with Crippen LogP contribution in [-0.4, -0.2) is 36.0 Å². The van der Waals surface area contributed by atoms with Crippen molar-refractivity contribution >= 4 is 11.9 Å². The van der Waals surface area contributed by atoms with E-state index >= 15 is 0 Å². The van der Waals surface area contributed by atoms with Crippen LogP contribution in [0.15, 0.2) is 23.8 Å². The molecule has 0 radical (unpaired) electrons. The van der Waals surface area contributed by atoms with Gasteiger partial charge in [-0.1, -0.05) is 6.92 Å². The first kappa shape index (κ1) is 22.3. The quantitative estimate of drug-likeness (QED) is 0.484. The molecule has 0 aliphatic heterocycles. The maximum Gasteiger partial charge on any atom is 0.410 e. The summed E-state index contributed by atoms with van der Waals surface area (Å²) >= 11 is 0. The average molecular weight is 336 g/mol. The number of carbonyl (C=O) groups is 2. The molecule has 0 atom stereocenters. The number of hydrogen-bond acceptors (Lipinski definition) is 3. The van der Waals surface area contributed by atoms with Crippen molar-refractivity contribution in [3.8, 4) is 0 Å². The Kier molecular flexibility index (Phi) is 9.98. The summed E-state index contributed by atoms with van der Waals surface area (Å²) in [5, 5.41) is 8.17. The molecule has 0 aromatic rings. The molecule has 0 aliphatic rings. The van der Waals surface area contributed by atoms with Gasteiger partial charge in [0.2, 0.25) is 0 Å². The first-order valence-corrected chi connectivity index (χ1v) is 5.76. The number of hydrogen-bond donors (Lipinski definition) is 1. The van der Waals surface area contributed by atoms with Crippen LogP contribution in [0, 0.1) is 0 Å². The summed E-state index contributed by atoms with van der Waals surface area (Å²) in [5.74, 6) is -2.50. The van der Waals surface area contributed by atoms with Crippen molar-refractivity contribution in [3.63, 3.8) is 0 Å². The zero-order valence-corrected chi connectivity index (χ0v) is 11.6. The van der Waals surface area contributed by atoms with Crippen molar-refractivity contribution in [2.75, 3.05) is 6.61 Å². The van der Waals surface area contributed by atoms with E-state index in [4.69, 9.17) is 5.11 Å². The number of halogens is 6. The zero-order valence-electron chi connectivity index (χ0n) is 11.6. The van der Waals surface area contributed by atoms with Gasteiger partial charge in [0.1, 0.15) is 0 Å². The van der Waals surface area contributed by atoms with Crippen LogP contribution < -0.4 is 0 Å². The lowest BCUT2D eigenvalue weighted by Crippen LogP contribution is -2.08. The predicted molar refractivity (Wildman–Crippen MR) is 63.9 cm³/mol. The molecule has 0 heterocycles. The van der Waals surface area contributed by atoms with Crippen molar-refractivity contribution in [1.29, 1.82) is 0 Å². The van der Waals surface area contributed by atoms with Gasteiger partial charge in [-0.2, -0.15) is 26.3 Å². The van der Waals surface area contributed by atoms with Crippen LogP contribution in [0.25, 0.3) is 0 Å². The topological polar surface area (TPSA) is 63.6 Å². The Morgan fingerprint density at radius 2 is 1.55 bits per heavy atom. The van der Waals surface area contributed by atoms with Gasteiger partial charge in [0.05, 0.1) is 6.61 Å². The maximum atomic E-state index is 11.5. The van der Waals surface area contributed by atoms with Gasteiger partial charge >= 0.3 is 24.3 Å². The molecule has 0 aromatic heterocycles. The summed E-state index contributed by atoms with van der Waals surface area (Å²) in [5.41, 5.74) is -0.627. The number of rotatable bonds is 4. The summed E-state index contributed by atoms with van der Waals surface area (Å²) in [7, 11) is 0. The fourth-order valence-corrected chi connectivity index (χ4v) is 0.865. The Balaban J connectivity index is 0. The fraction of sp³-hybridized carbons (Fsp3) is 0.500. The molecular weight excluding hydrogens is 322 g/mol. The first-order valence-electron chi connectivity index (χ1n) is 5.76. The van der Waals surface area contributed by atoms with E-state index in [2.05, 4.69) is 4.74 Å². The minimum Gasteiger partial charge on any atom is -0.478 e. The summed E-state index contributed by atoms with van der Waals surface area (Å²) in [6.07, 6.45) is -9.13. The van der Waals surface area contributed by atoms with Gasteiger partial charge < -0.3 is 9.84 Å². The van der Waals surface area contributed by atoms with Gasteiger partial charge in [-0.15, -0.1) is 0 Å². The number of carbonyl (C=O) groups excluding carboxylic acids is 1. The molecule has 0 bridgehead atoms. The molecule has 0 aromatic carbocycles. The van der Waals surface area contributed by atoms with E-state index in [9.17, 15) is 35.9 Å². The Labute approximate surface area is 122 Å². The summed E-state index contributed by atoms with van der Waals surface area (Å²) in [6, 6.07) is 0. The SMILES string of the molecule is CC/C(=C\C(F)(F)F)C(=O)O.CCOC(=O)/C=C/C(F)(F)F. The number of ether oxygens (including phenoxy) is 1. The first-order chi connectivity index (χ1) is 9.82. The van der Waals surface area contributed by atoms with Crippen LogP contribution in [0.3, 0.4) is 0 Å². The summed E-state index contributed by atoms with van der Waals surface area (Å²) in [4.78, 5) is 20.3. The van der Waals surface area contributed by atoms with E-state index < -0.39 is 29.9 Å². The van der Waals surface area contributed by atoms with E-state index in [0.717, 1.165) is 0 Å². The van der Waals surface area contributed by atoms with E-state index in [1.807, 2.05) is 0 Å². The lowest BCUT2D eigenvalue weighted by molar-refractivity contribution is -0.138. The number of carboxylic acids is 1. The molecular formula is C12H14F6O4. The lowest BCUT2D eigenvalue weighted by atomic mass is 10.2. The van der Waals surface area contributed by atoms with E-state index in [1.54, 1.807) is 0 Å². The number of carboxylic acid groups (broad SMARTS) is 1. The Hall–Kier alpha value is -2.00. The van der Waals surface area contributed by atoms with Gasteiger partial charge in [0.25, 0.3) is 0 Å². The molecule has 0 aliphatic carbocycles. The smallest absolute Gasteiger partial charge is 0.410 e. The van der Waals surface area contributed by atoms with Crippen LogP contribution in [0.5, 0.6) is 0 Å². The number of allylic oxidation sites excluding steroid dienone is 2. The minimum atomic E-state index is -4.54. The third kappa shape index (κ3) is 16.1. The van der Waals surface area contributed by atoms with Crippen LogP contribution in [0.1, 0.15) is 20.3 Å². The predicted octanol–water partition coefficient (Wildman–Crippen LogP) is 3.64. The highest BCUT2D eigenvalue weighted by atomic mass is 19.4. The van der Waals surface area contributed by atoms with Gasteiger partial charge in [0.15, 0.2) is 0 Å². The Bertz CT molecular complexity index is 418. The molecule has 128 valence electrons. The van der Waals surface area contributed by atoms with Crippen LogP contribution >= 0.6 is 0 Å². The molecule has 0 amide bonds. The lowest BCUT2D eigenvalue weighted by Gasteiger charge is -2.01. The third-order valence-corrected chi connectivity index (χ3v) is 1.69. The van der Waals surface area contributed by atoms with Crippen molar-refractivity contribution < 1.29 is 45.8 Å². The van der Waals surface area contributed by atoms with Crippen molar-refractivity contribution in [3.05, 3.63) is 23.8 Å². The van der Waals surface area contributed by atoms with E-state index in [0.29, 0.717) is 6.08 Å². The Morgan fingerprint density at radius 3 is 1.77 bits per heavy atom. The molecule has 10 heteroatoms. The molecule has 0 saturated carbocycles. The van der Waals surface area contributed by atoms with Crippen molar-refractivity contribution in [2.24, 2.45) is 0 Å². The van der Waals surface area contributed by atoms with Crippen molar-refractivity contribution in [2.45, 2.75) is 32.6 Å². The molecule has 22 heavy (non-hydrogen) atoms. The van der Waals surface area contributed by atoms with Gasteiger partial charge in [-0.25, -0.2) is 9.59 Å². The molecule has 0 rings (SSSR count). The summed E-state index contributed by atoms with van der Waals surface area (Å²) in [6.45, 7) is 2.94. The number of alkyl halides is 6. The normalized spacial score (nSPS) is 12.6. The maximum absolute atomic E-state index is 11.5. The number of esters is 1. The highest BCUT2D eigenvalue weighted by molar-refractivity contribution is 5.86. The second-order valence-electron chi connectivity index (χ2n) is 3.50. The van der Waals surface area contributed by atoms with Gasteiger partial charge in [-0.05, 0) is 13.3 Å². The molecule has 0 spiro atoms. The third-order valence-electron chi connectivity index (χ3n) is 1.69. The van der Waals surface area contributed by atoms with Crippen LogP contribution in [0.2, 0.25) is 0 Å². The summed E-state index contributed by atoms with van der Waals surface area (Å²) < 4.78 is 72.8. The van der Waals surface area contributed by atoms with Crippen LogP contribution in [-0.2, 0) is 14.3 Å². The van der Waals surface area contributed by atoms with E-state index in [-0.39, 0.29) is 25.2 Å². The molecule has 0 fully saturated rings. The molecule has 0 saturated heterocycles. The van der Waals surface area contributed by atoms with Crippen molar-refractivity contribution in [1.82, 2.24) is 0 Å². The zero-order chi connectivity index (χ0) is 18.0. The standard InChI is InChI=1S/2C6H7F3O2/c1-2-11-5(10)3-4-6(7,8)9;1-2-4(5(10)11)3-6(7,8)9/h3-4H,2H2,1H3;3H,2H2,1H3,(H,10,11)/b2*4-3+. The van der Waals surface area contributed by atoms with Gasteiger partial charge in [-0.3, -0.25) is 0 Å².